The van der Waals surface area contributed by atoms with Crippen molar-refractivity contribution in [2.75, 3.05) is 17.6 Å². The van der Waals surface area contributed by atoms with Crippen LogP contribution in [0.15, 0.2) is 16.5 Å². The second-order valence-corrected chi connectivity index (χ2v) is 9.68. The van der Waals surface area contributed by atoms with Gasteiger partial charge >= 0.3 is 0 Å². The summed E-state index contributed by atoms with van der Waals surface area (Å²) in [6, 6.07) is 3.70. The maximum atomic E-state index is 12.3. The molecule has 0 aliphatic carbocycles. The Bertz CT molecular complexity index is 734. The molecule has 25 heavy (non-hydrogen) atoms. The molecule has 0 fully saturated rings. The molecule has 0 spiro atoms. The highest BCUT2D eigenvalue weighted by Crippen LogP contribution is 2.27. The molecular weight excluding hydrogens is 376 g/mol. The van der Waals surface area contributed by atoms with Crippen LogP contribution in [0.3, 0.4) is 0 Å². The largest absolute Gasteiger partial charge is 0.360 e. The van der Waals surface area contributed by atoms with Gasteiger partial charge in [0.2, 0.25) is 11.0 Å². The van der Waals surface area contributed by atoms with E-state index in [1.165, 1.54) is 34.4 Å². The second-order valence-electron chi connectivity index (χ2n) is 6.31. The Hall–Kier alpha value is -1.45. The van der Waals surface area contributed by atoms with Crippen molar-refractivity contribution in [2.24, 2.45) is 5.41 Å². The van der Waals surface area contributed by atoms with Gasteiger partial charge in [-0.05, 0) is 19.1 Å². The summed E-state index contributed by atoms with van der Waals surface area (Å²) < 4.78 is 0.776. The third-order valence-corrected chi connectivity index (χ3v) is 6.24. The van der Waals surface area contributed by atoms with Crippen molar-refractivity contribution >= 4 is 51.3 Å². The minimum Gasteiger partial charge on any atom is -0.360 e. The molecule has 1 amide bonds. The molecule has 2 rings (SSSR count). The lowest BCUT2D eigenvalue weighted by atomic mass is 9.96. The van der Waals surface area contributed by atoms with Crippen LogP contribution in [-0.2, 0) is 11.3 Å². The van der Waals surface area contributed by atoms with Gasteiger partial charge in [0.15, 0.2) is 10.1 Å². The smallest absolute Gasteiger partial charge is 0.225 e. The summed E-state index contributed by atoms with van der Waals surface area (Å²) in [6.45, 7) is 8.86. The van der Waals surface area contributed by atoms with E-state index >= 15 is 0 Å². The van der Waals surface area contributed by atoms with E-state index < -0.39 is 5.41 Å². The maximum absolute atomic E-state index is 12.3. The number of ketones is 1. The number of carbonyl (C=O) groups is 2. The normalized spacial score (nSPS) is 11.4. The monoisotopic (exact) mass is 398 g/mol. The Morgan fingerprint density at radius 3 is 2.64 bits per heavy atom. The number of thioether (sulfide) groups is 1. The number of aromatic nitrogens is 2. The lowest BCUT2D eigenvalue weighted by molar-refractivity contribution is -0.128. The van der Waals surface area contributed by atoms with Crippen LogP contribution in [0.2, 0.25) is 0 Å². The minimum absolute atomic E-state index is 0.00269. The zero-order valence-corrected chi connectivity index (χ0v) is 17.2. The molecule has 2 N–H and O–H groups in total. The quantitative estimate of drug-likeness (QED) is 0.521. The van der Waals surface area contributed by atoms with Crippen LogP contribution in [0.4, 0.5) is 5.13 Å². The number of hydrogen-bond acceptors (Lipinski definition) is 8. The van der Waals surface area contributed by atoms with Crippen molar-refractivity contribution in [3.05, 3.63) is 21.9 Å². The van der Waals surface area contributed by atoms with Crippen molar-refractivity contribution in [3.8, 4) is 0 Å². The molecule has 2 aromatic rings. The first-order valence-electron chi connectivity index (χ1n) is 7.90. The van der Waals surface area contributed by atoms with E-state index in [1.807, 2.05) is 39.8 Å². The molecule has 9 heteroatoms. The lowest BCUT2D eigenvalue weighted by Gasteiger charge is -2.17. The maximum Gasteiger partial charge on any atom is 0.225 e. The molecule has 0 radical (unpaired) electrons. The molecule has 6 nitrogen and oxygen atoms in total. The van der Waals surface area contributed by atoms with Gasteiger partial charge in [-0.2, -0.15) is 0 Å². The predicted octanol–water partition coefficient (Wildman–Crippen LogP) is 3.67. The number of hydrogen-bond donors (Lipinski definition) is 2. The lowest BCUT2D eigenvalue weighted by Crippen LogP contribution is -2.34. The van der Waals surface area contributed by atoms with E-state index in [1.54, 1.807) is 0 Å². The van der Waals surface area contributed by atoms with Crippen LogP contribution in [0, 0.1) is 5.41 Å². The number of carbonyl (C=O) groups excluding carboxylic acids is 2. The molecular formula is C16H22N4O2S3. The summed E-state index contributed by atoms with van der Waals surface area (Å²) in [5.74, 6) is 0.385. The van der Waals surface area contributed by atoms with E-state index in [-0.39, 0.29) is 11.7 Å². The van der Waals surface area contributed by atoms with E-state index in [2.05, 4.69) is 20.8 Å². The second kappa shape index (κ2) is 8.77. The Morgan fingerprint density at radius 1 is 1.20 bits per heavy atom. The molecule has 0 bridgehead atoms. The van der Waals surface area contributed by atoms with Crippen LogP contribution < -0.4 is 10.6 Å². The molecule has 0 aromatic carbocycles. The average molecular weight is 399 g/mol. The predicted molar refractivity (Wildman–Crippen MR) is 105 cm³/mol. The first kappa shape index (κ1) is 19.9. The van der Waals surface area contributed by atoms with E-state index in [4.69, 9.17) is 0 Å². The summed E-state index contributed by atoms with van der Waals surface area (Å²) in [4.78, 5) is 25.9. The number of nitrogens with zero attached hydrogens (tertiary/aromatic N) is 2. The van der Waals surface area contributed by atoms with Gasteiger partial charge in [0.05, 0.1) is 17.2 Å². The standard InChI is InChI=1S/C16H22N4O2S3/c1-5-17-14-19-20-15(25-14)23-9-11(21)12-7-6-10(24-12)8-18-13(22)16(2,3)4/h6-7H,5,8-9H2,1-4H3,(H,17,19)(H,18,22). The summed E-state index contributed by atoms with van der Waals surface area (Å²) in [6.07, 6.45) is 0. The summed E-state index contributed by atoms with van der Waals surface area (Å²) in [5, 5.41) is 14.8. The van der Waals surface area contributed by atoms with Crippen LogP contribution in [0.1, 0.15) is 42.2 Å². The summed E-state index contributed by atoms with van der Waals surface area (Å²) in [5.41, 5.74) is -0.417. The third kappa shape index (κ3) is 6.09. The van der Waals surface area contributed by atoms with E-state index in [0.29, 0.717) is 17.2 Å². The molecule has 0 aliphatic rings. The first-order chi connectivity index (χ1) is 11.8. The van der Waals surface area contributed by atoms with Crippen molar-refractivity contribution in [2.45, 2.75) is 38.6 Å². The number of amides is 1. The fourth-order valence-corrected chi connectivity index (χ4v) is 4.42. The summed E-state index contributed by atoms with van der Waals surface area (Å²) >= 11 is 4.26. The van der Waals surface area contributed by atoms with Crippen molar-refractivity contribution in [1.82, 2.24) is 15.5 Å². The fourth-order valence-electron chi connectivity index (χ4n) is 1.74. The third-order valence-electron chi connectivity index (χ3n) is 3.10. The van der Waals surface area contributed by atoms with Gasteiger partial charge in [-0.15, -0.1) is 21.5 Å². The van der Waals surface area contributed by atoms with Gasteiger partial charge in [0.1, 0.15) is 0 Å². The zero-order valence-electron chi connectivity index (χ0n) is 14.7. The van der Waals surface area contributed by atoms with Gasteiger partial charge in [0.25, 0.3) is 0 Å². The minimum atomic E-state index is -0.417. The number of thiophene rings is 1. The Labute approximate surface area is 159 Å². The summed E-state index contributed by atoms with van der Waals surface area (Å²) in [7, 11) is 0. The van der Waals surface area contributed by atoms with E-state index in [9.17, 15) is 9.59 Å². The highest BCUT2D eigenvalue weighted by molar-refractivity contribution is 8.01. The number of anilines is 1. The van der Waals surface area contributed by atoms with Gasteiger partial charge < -0.3 is 10.6 Å². The molecule has 0 unspecified atom stereocenters. The molecule has 2 aromatic heterocycles. The van der Waals surface area contributed by atoms with Crippen LogP contribution in [0.5, 0.6) is 0 Å². The topological polar surface area (TPSA) is 84.0 Å². The SMILES string of the molecule is CCNc1nnc(SCC(=O)c2ccc(CNC(=O)C(C)(C)C)s2)s1. The number of rotatable bonds is 8. The number of nitrogens with one attached hydrogen (secondary N) is 2. The Balaban J connectivity index is 1.84. The highest BCUT2D eigenvalue weighted by atomic mass is 32.2. The Kier molecular flexibility index (Phi) is 6.97. The van der Waals surface area contributed by atoms with Gasteiger partial charge in [-0.1, -0.05) is 43.9 Å². The van der Waals surface area contributed by atoms with Crippen molar-refractivity contribution in [3.63, 3.8) is 0 Å². The molecule has 0 aliphatic heterocycles. The average Bonchev–Trinajstić information content (AvgIpc) is 3.19. The van der Waals surface area contributed by atoms with Gasteiger partial charge in [-0.25, -0.2) is 0 Å². The highest BCUT2D eigenvalue weighted by Gasteiger charge is 2.21. The fraction of sp³-hybridized carbons (Fsp3) is 0.500. The Morgan fingerprint density at radius 2 is 1.96 bits per heavy atom. The molecule has 136 valence electrons. The van der Waals surface area contributed by atoms with Gasteiger partial charge in [-0.3, -0.25) is 9.59 Å². The molecule has 0 saturated carbocycles. The van der Waals surface area contributed by atoms with Crippen molar-refractivity contribution < 1.29 is 9.59 Å². The van der Waals surface area contributed by atoms with Crippen molar-refractivity contribution in [1.29, 1.82) is 0 Å². The van der Waals surface area contributed by atoms with Gasteiger partial charge in [0, 0.05) is 16.8 Å². The molecule has 2 heterocycles. The van der Waals surface area contributed by atoms with Crippen LogP contribution in [-0.4, -0.2) is 34.2 Å². The molecule has 0 saturated heterocycles. The number of Topliss-reactive ketones (excluding diaryl/α,β-unsaturated/α-hetero) is 1. The first-order valence-corrected chi connectivity index (χ1v) is 10.5. The van der Waals surface area contributed by atoms with E-state index in [0.717, 1.165) is 20.9 Å². The van der Waals surface area contributed by atoms with Crippen LogP contribution in [0.25, 0.3) is 0 Å². The zero-order chi connectivity index (χ0) is 18.4. The molecule has 0 atom stereocenters. The van der Waals surface area contributed by atoms with Crippen LogP contribution >= 0.6 is 34.4 Å².